The number of hydrogen-bond acceptors (Lipinski definition) is 5. The fraction of sp³-hybridized carbons (Fsp3) is 0.455. The van der Waals surface area contributed by atoms with Crippen LogP contribution in [-0.4, -0.2) is 14.8 Å². The summed E-state index contributed by atoms with van der Waals surface area (Å²) in [5, 5.41) is 9.44. The van der Waals surface area contributed by atoms with Gasteiger partial charge in [0.25, 0.3) is 0 Å². The minimum Gasteiger partial charge on any atom is -0.324 e. The van der Waals surface area contributed by atoms with Crippen LogP contribution in [0.1, 0.15) is 29.6 Å². The third-order valence-corrected chi connectivity index (χ3v) is 5.60. The summed E-state index contributed by atoms with van der Waals surface area (Å²) in [6.45, 7) is 0.467. The van der Waals surface area contributed by atoms with E-state index in [1.54, 1.807) is 23.1 Å². The first-order chi connectivity index (χ1) is 8.78. The standard InChI is InChI=1S/C11H13BrN4S2/c12-9-4-3-8(18-9)6-17-11-15-14-10(5-13)16(11)7-1-2-7/h3-4,7H,1-2,5-6,13H2. The Morgan fingerprint density at radius 2 is 2.28 bits per heavy atom. The summed E-state index contributed by atoms with van der Waals surface area (Å²) in [6.07, 6.45) is 2.45. The van der Waals surface area contributed by atoms with E-state index in [4.69, 9.17) is 5.73 Å². The average Bonchev–Trinajstić information content (AvgIpc) is 2.99. The lowest BCUT2D eigenvalue weighted by Gasteiger charge is -2.06. The average molecular weight is 345 g/mol. The number of halogens is 1. The van der Waals surface area contributed by atoms with E-state index in [2.05, 4.69) is 42.8 Å². The van der Waals surface area contributed by atoms with Crippen LogP contribution in [0.25, 0.3) is 0 Å². The van der Waals surface area contributed by atoms with Crippen LogP contribution in [0.15, 0.2) is 21.1 Å². The maximum atomic E-state index is 5.70. The highest BCUT2D eigenvalue weighted by Gasteiger charge is 2.29. The predicted molar refractivity (Wildman–Crippen MR) is 77.8 cm³/mol. The van der Waals surface area contributed by atoms with Crippen molar-refractivity contribution in [3.63, 3.8) is 0 Å². The highest BCUT2D eigenvalue weighted by Crippen LogP contribution is 2.39. The molecule has 1 fully saturated rings. The summed E-state index contributed by atoms with van der Waals surface area (Å²) in [5.74, 6) is 1.85. The molecule has 0 atom stereocenters. The molecule has 3 rings (SSSR count). The van der Waals surface area contributed by atoms with E-state index in [-0.39, 0.29) is 0 Å². The zero-order valence-corrected chi connectivity index (χ0v) is 12.9. The van der Waals surface area contributed by atoms with Crippen LogP contribution in [-0.2, 0) is 12.3 Å². The summed E-state index contributed by atoms with van der Waals surface area (Å²) >= 11 is 6.99. The first-order valence-electron chi connectivity index (χ1n) is 5.79. The number of thiophene rings is 1. The fourth-order valence-corrected chi connectivity index (χ4v) is 4.36. The lowest BCUT2D eigenvalue weighted by molar-refractivity contribution is 0.626. The molecule has 1 aliphatic rings. The normalized spacial score (nSPS) is 15.2. The van der Waals surface area contributed by atoms with Gasteiger partial charge in [0.1, 0.15) is 5.82 Å². The second-order valence-electron chi connectivity index (χ2n) is 4.20. The number of nitrogens with two attached hydrogens (primary N) is 1. The van der Waals surface area contributed by atoms with E-state index in [0.717, 1.165) is 16.7 Å². The summed E-state index contributed by atoms with van der Waals surface area (Å²) < 4.78 is 3.39. The molecule has 0 bridgehead atoms. The van der Waals surface area contributed by atoms with Crippen LogP contribution in [0, 0.1) is 0 Å². The molecular weight excluding hydrogens is 332 g/mol. The van der Waals surface area contributed by atoms with E-state index in [9.17, 15) is 0 Å². The molecular formula is C11H13BrN4S2. The predicted octanol–water partition coefficient (Wildman–Crippen LogP) is 3.19. The number of nitrogens with zero attached hydrogens (tertiary/aromatic N) is 3. The lowest BCUT2D eigenvalue weighted by Crippen LogP contribution is -2.07. The van der Waals surface area contributed by atoms with Gasteiger partial charge in [0.2, 0.25) is 0 Å². The van der Waals surface area contributed by atoms with E-state index in [0.29, 0.717) is 12.6 Å². The molecule has 0 amide bonds. The van der Waals surface area contributed by atoms with Gasteiger partial charge in [0.15, 0.2) is 5.16 Å². The SMILES string of the molecule is NCc1nnc(SCc2ccc(Br)s2)n1C1CC1. The Bertz CT molecular complexity index is 547. The molecule has 2 aromatic heterocycles. The monoisotopic (exact) mass is 344 g/mol. The van der Waals surface area contributed by atoms with Crippen LogP contribution in [0.2, 0.25) is 0 Å². The third-order valence-electron chi connectivity index (χ3n) is 2.80. The van der Waals surface area contributed by atoms with Crippen LogP contribution in [0.3, 0.4) is 0 Å². The van der Waals surface area contributed by atoms with Gasteiger partial charge in [-0.3, -0.25) is 0 Å². The van der Waals surface area contributed by atoms with Gasteiger partial charge in [-0.2, -0.15) is 0 Å². The van der Waals surface area contributed by atoms with E-state index >= 15 is 0 Å². The van der Waals surface area contributed by atoms with Crippen molar-refractivity contribution >= 4 is 39.0 Å². The molecule has 2 N–H and O–H groups in total. The van der Waals surface area contributed by atoms with Gasteiger partial charge in [-0.05, 0) is 40.9 Å². The smallest absolute Gasteiger partial charge is 0.191 e. The number of hydrogen-bond donors (Lipinski definition) is 1. The second kappa shape index (κ2) is 5.32. The zero-order valence-electron chi connectivity index (χ0n) is 9.67. The van der Waals surface area contributed by atoms with Gasteiger partial charge in [-0.25, -0.2) is 0 Å². The summed E-state index contributed by atoms with van der Waals surface area (Å²) in [6, 6.07) is 4.80. The zero-order chi connectivity index (χ0) is 12.5. The van der Waals surface area contributed by atoms with Crippen molar-refractivity contribution in [2.45, 2.75) is 36.3 Å². The Hall–Kier alpha value is -0.370. The van der Waals surface area contributed by atoms with Gasteiger partial charge in [-0.15, -0.1) is 21.5 Å². The Balaban J connectivity index is 1.74. The molecule has 0 aromatic carbocycles. The molecule has 2 heterocycles. The highest BCUT2D eigenvalue weighted by atomic mass is 79.9. The summed E-state index contributed by atoms with van der Waals surface area (Å²) in [5.41, 5.74) is 5.70. The highest BCUT2D eigenvalue weighted by molar-refractivity contribution is 9.11. The van der Waals surface area contributed by atoms with Crippen molar-refractivity contribution < 1.29 is 0 Å². The number of aromatic nitrogens is 3. The first-order valence-corrected chi connectivity index (χ1v) is 8.38. The van der Waals surface area contributed by atoms with E-state index < -0.39 is 0 Å². The van der Waals surface area contributed by atoms with Gasteiger partial charge < -0.3 is 10.3 Å². The molecule has 0 aliphatic heterocycles. The third kappa shape index (κ3) is 2.64. The molecule has 96 valence electrons. The molecule has 2 aromatic rings. The molecule has 0 saturated heterocycles. The largest absolute Gasteiger partial charge is 0.324 e. The number of thioether (sulfide) groups is 1. The van der Waals surface area contributed by atoms with Crippen LogP contribution in [0.5, 0.6) is 0 Å². The minimum atomic E-state index is 0.467. The molecule has 0 spiro atoms. The molecule has 18 heavy (non-hydrogen) atoms. The number of rotatable bonds is 5. The molecule has 1 aliphatic carbocycles. The molecule has 4 nitrogen and oxygen atoms in total. The van der Waals surface area contributed by atoms with E-state index in [1.807, 2.05) is 0 Å². The van der Waals surface area contributed by atoms with Gasteiger partial charge in [0, 0.05) is 16.7 Å². The van der Waals surface area contributed by atoms with Crippen molar-refractivity contribution in [3.05, 3.63) is 26.6 Å². The van der Waals surface area contributed by atoms with E-state index in [1.165, 1.54) is 21.5 Å². The van der Waals surface area contributed by atoms with Crippen molar-refractivity contribution in [2.75, 3.05) is 0 Å². The maximum absolute atomic E-state index is 5.70. The van der Waals surface area contributed by atoms with Crippen LogP contribution in [0.4, 0.5) is 0 Å². The summed E-state index contributed by atoms with van der Waals surface area (Å²) in [7, 11) is 0. The minimum absolute atomic E-state index is 0.467. The lowest BCUT2D eigenvalue weighted by atomic mass is 10.5. The molecule has 0 unspecified atom stereocenters. The molecule has 1 saturated carbocycles. The van der Waals surface area contributed by atoms with Crippen molar-refractivity contribution in [1.82, 2.24) is 14.8 Å². The quantitative estimate of drug-likeness (QED) is 0.846. The Morgan fingerprint density at radius 1 is 1.44 bits per heavy atom. The van der Waals surface area contributed by atoms with Crippen molar-refractivity contribution in [1.29, 1.82) is 0 Å². The summed E-state index contributed by atoms with van der Waals surface area (Å²) in [4.78, 5) is 1.34. The second-order valence-corrected chi connectivity index (χ2v) is 7.69. The maximum Gasteiger partial charge on any atom is 0.191 e. The van der Waals surface area contributed by atoms with Crippen LogP contribution < -0.4 is 5.73 Å². The van der Waals surface area contributed by atoms with Gasteiger partial charge in [0.05, 0.1) is 10.3 Å². The fourth-order valence-electron chi connectivity index (χ4n) is 1.81. The molecule has 0 radical (unpaired) electrons. The molecule has 7 heteroatoms. The Morgan fingerprint density at radius 3 is 2.89 bits per heavy atom. The van der Waals surface area contributed by atoms with Gasteiger partial charge in [-0.1, -0.05) is 11.8 Å². The Labute approximate surface area is 122 Å². The first kappa shape index (κ1) is 12.7. The van der Waals surface area contributed by atoms with Gasteiger partial charge >= 0.3 is 0 Å². The van der Waals surface area contributed by atoms with Crippen molar-refractivity contribution in [2.24, 2.45) is 5.73 Å². The Kier molecular flexibility index (Phi) is 3.74. The van der Waals surface area contributed by atoms with Crippen molar-refractivity contribution in [3.8, 4) is 0 Å². The van der Waals surface area contributed by atoms with Crippen LogP contribution >= 0.6 is 39.0 Å². The topological polar surface area (TPSA) is 56.7 Å².